The van der Waals surface area contributed by atoms with Crippen molar-refractivity contribution in [1.82, 2.24) is 0 Å². The van der Waals surface area contributed by atoms with Gasteiger partial charge in [0.1, 0.15) is 0 Å². The van der Waals surface area contributed by atoms with E-state index in [9.17, 15) is 30.0 Å². The van der Waals surface area contributed by atoms with E-state index in [1.54, 1.807) is 48.5 Å². The van der Waals surface area contributed by atoms with Crippen molar-refractivity contribution >= 4 is 23.1 Å². The van der Waals surface area contributed by atoms with Crippen LogP contribution in [-0.2, 0) is 40.8 Å². The largest absolute Gasteiger partial charge is 4.00 e. The van der Waals surface area contributed by atoms with E-state index >= 15 is 0 Å². The molecule has 0 aliphatic rings. The second-order valence-corrected chi connectivity index (χ2v) is 6.77. The maximum absolute atomic E-state index is 11.2. The molecule has 0 saturated heterocycles. The van der Waals surface area contributed by atoms with Gasteiger partial charge in [0.05, 0.1) is 0 Å². The summed E-state index contributed by atoms with van der Waals surface area (Å²) in [6, 6.07) is 17.4. The molecule has 0 spiro atoms. The van der Waals surface area contributed by atoms with Crippen LogP contribution in [0.5, 0.6) is 0 Å². The minimum atomic E-state index is -0.233. The third kappa shape index (κ3) is 26.3. The molecular formula is C28H36O8Ti. The molecule has 9 heteroatoms. The van der Waals surface area contributed by atoms with Crippen LogP contribution >= 0.6 is 0 Å². The fraction of sp³-hybridized carbons (Fsp3) is 0.357. The first-order valence-electron chi connectivity index (χ1n) is 11.4. The van der Waals surface area contributed by atoms with E-state index in [0.717, 1.165) is 12.2 Å². The van der Waals surface area contributed by atoms with E-state index in [-0.39, 0.29) is 58.0 Å². The Morgan fingerprint density at radius 2 is 0.973 bits per heavy atom. The summed E-state index contributed by atoms with van der Waals surface area (Å²) in [6.45, 7) is 8.26. The van der Waals surface area contributed by atoms with Crippen LogP contribution in [0, 0.1) is 0 Å². The summed E-state index contributed by atoms with van der Waals surface area (Å²) in [5.74, 6) is -0.904. The molecule has 0 unspecified atom stereocenters. The van der Waals surface area contributed by atoms with Gasteiger partial charge in [0.15, 0.2) is 11.6 Å². The Bertz CT molecular complexity index is 787. The molecule has 0 heterocycles. The Kier molecular flexibility index (Phi) is 29.5. The Morgan fingerprint density at radius 3 is 1.16 bits per heavy atom. The summed E-state index contributed by atoms with van der Waals surface area (Å²) < 4.78 is 9.34. The first-order chi connectivity index (χ1) is 17.2. The molecule has 0 saturated carbocycles. The van der Waals surface area contributed by atoms with Crippen molar-refractivity contribution in [2.75, 3.05) is 39.6 Å². The number of hydrogen-bond acceptors (Lipinski definition) is 8. The van der Waals surface area contributed by atoms with Gasteiger partial charge in [-0.15, -0.1) is 13.2 Å². The van der Waals surface area contributed by atoms with Crippen LogP contribution in [-0.4, -0.2) is 51.2 Å². The summed E-state index contributed by atoms with van der Waals surface area (Å²) in [7, 11) is 0. The number of allylic oxidation sites excluding steroid dienone is 2. The minimum Gasteiger partial charge on any atom is -0.872 e. The summed E-state index contributed by atoms with van der Waals surface area (Å²) in [4.78, 5) is 21.1. The molecule has 0 amide bonds. The maximum Gasteiger partial charge on any atom is 4.00 e. The molecule has 0 atom stereocenters. The molecule has 0 aliphatic heterocycles. The van der Waals surface area contributed by atoms with E-state index in [0.29, 0.717) is 37.6 Å². The van der Waals surface area contributed by atoms with E-state index in [1.807, 2.05) is 26.0 Å². The van der Waals surface area contributed by atoms with Gasteiger partial charge in [-0.2, -0.15) is 0 Å². The topological polar surface area (TPSA) is 145 Å². The Labute approximate surface area is 235 Å². The van der Waals surface area contributed by atoms with E-state index in [2.05, 4.69) is 9.47 Å². The molecule has 37 heavy (non-hydrogen) atoms. The third-order valence-electron chi connectivity index (χ3n) is 3.65. The Hall–Kier alpha value is -2.59. The average Bonchev–Trinajstić information content (AvgIpc) is 2.87. The molecule has 0 N–H and O–H groups in total. The van der Waals surface area contributed by atoms with Crippen molar-refractivity contribution in [2.24, 2.45) is 0 Å². The van der Waals surface area contributed by atoms with Crippen LogP contribution in [0.2, 0.25) is 0 Å². The first kappa shape index (κ1) is 38.9. The Morgan fingerprint density at radius 1 is 0.676 bits per heavy atom. The molecule has 0 radical (unpaired) electrons. The van der Waals surface area contributed by atoms with Crippen molar-refractivity contribution in [3.05, 3.63) is 83.9 Å². The summed E-state index contributed by atoms with van der Waals surface area (Å²) in [5.41, 5.74) is 1.10. The third-order valence-corrected chi connectivity index (χ3v) is 3.65. The van der Waals surface area contributed by atoms with Crippen molar-refractivity contribution in [2.45, 2.75) is 27.7 Å². The molecule has 0 fully saturated rings. The fourth-order valence-corrected chi connectivity index (χ4v) is 2.15. The zero-order valence-corrected chi connectivity index (χ0v) is 23.5. The van der Waals surface area contributed by atoms with Crippen molar-refractivity contribution < 1.29 is 61.2 Å². The molecular weight excluding hydrogens is 512 g/mol. The van der Waals surface area contributed by atoms with E-state index in [4.69, 9.17) is 0 Å². The SMILES string of the molecule is CC(=O)C=C([O-])c1ccccc1.CC(=O)C=C([O-])c1ccccc1.CCOCC[O-].CCOCC[O-].[Ti+4]. The number of ketones is 2. The summed E-state index contributed by atoms with van der Waals surface area (Å²) in [5, 5.41) is 41.5. The number of carbonyl (C=O) groups is 2. The zero-order valence-electron chi connectivity index (χ0n) is 21.9. The monoisotopic (exact) mass is 548 g/mol. The molecule has 0 bridgehead atoms. The quantitative estimate of drug-likeness (QED) is 0.183. The van der Waals surface area contributed by atoms with Crippen LogP contribution in [0.1, 0.15) is 38.8 Å². The van der Waals surface area contributed by atoms with Gasteiger partial charge in [-0.1, -0.05) is 72.2 Å². The van der Waals surface area contributed by atoms with Crippen molar-refractivity contribution in [1.29, 1.82) is 0 Å². The summed E-state index contributed by atoms with van der Waals surface area (Å²) in [6.07, 6.45) is 2.19. The van der Waals surface area contributed by atoms with Crippen molar-refractivity contribution in [3.8, 4) is 0 Å². The van der Waals surface area contributed by atoms with Gasteiger partial charge < -0.3 is 29.9 Å². The standard InChI is InChI=1S/2C10H10O2.2C4H9O2.Ti/c2*1-8(11)7-10(12)9-5-3-2-4-6-9;2*1-2-6-4-3-5;/h2*2-7,12H,1H3;2*2-4H2,1H3;/q;;2*-1;+4/p-2. The van der Waals surface area contributed by atoms with Gasteiger partial charge >= 0.3 is 21.7 Å². The molecule has 8 nitrogen and oxygen atoms in total. The number of ether oxygens (including phenoxy) is 2. The van der Waals surface area contributed by atoms with Gasteiger partial charge in [0.25, 0.3) is 0 Å². The van der Waals surface area contributed by atoms with Crippen LogP contribution in [0.3, 0.4) is 0 Å². The molecule has 200 valence electrons. The van der Waals surface area contributed by atoms with Crippen molar-refractivity contribution in [3.63, 3.8) is 0 Å². The second kappa shape index (κ2) is 28.0. The minimum absolute atomic E-state index is 0. The fourth-order valence-electron chi connectivity index (χ4n) is 2.15. The van der Waals surface area contributed by atoms with Gasteiger partial charge in [-0.3, -0.25) is 9.59 Å². The van der Waals surface area contributed by atoms with E-state index < -0.39 is 0 Å². The molecule has 2 aromatic rings. The molecule has 0 aromatic heterocycles. The zero-order chi connectivity index (χ0) is 27.6. The van der Waals surface area contributed by atoms with Crippen LogP contribution in [0.15, 0.2) is 72.8 Å². The van der Waals surface area contributed by atoms with Crippen LogP contribution in [0.4, 0.5) is 0 Å². The second-order valence-electron chi connectivity index (χ2n) is 6.77. The predicted octanol–water partition coefficient (Wildman–Crippen LogP) is 0.718. The first-order valence-corrected chi connectivity index (χ1v) is 11.4. The number of carbonyl (C=O) groups excluding carboxylic acids is 2. The normalized spacial score (nSPS) is 10.2. The predicted molar refractivity (Wildman–Crippen MR) is 133 cm³/mol. The van der Waals surface area contributed by atoms with Gasteiger partial charge in [0, 0.05) is 26.4 Å². The van der Waals surface area contributed by atoms with Gasteiger partial charge in [-0.25, -0.2) is 0 Å². The average molecular weight is 548 g/mol. The smallest absolute Gasteiger partial charge is 0.872 e. The number of rotatable bonds is 10. The maximum atomic E-state index is 11.2. The van der Waals surface area contributed by atoms with Gasteiger partial charge in [0.2, 0.25) is 0 Å². The molecule has 0 aliphatic carbocycles. The molecule has 2 aromatic carbocycles. The van der Waals surface area contributed by atoms with Crippen LogP contribution < -0.4 is 20.4 Å². The number of hydrogen-bond donors (Lipinski definition) is 0. The Balaban J connectivity index is -0.000000436. The summed E-state index contributed by atoms with van der Waals surface area (Å²) >= 11 is 0. The number of benzene rings is 2. The van der Waals surface area contributed by atoms with E-state index in [1.165, 1.54) is 13.8 Å². The van der Waals surface area contributed by atoms with Crippen LogP contribution in [0.25, 0.3) is 11.5 Å². The van der Waals surface area contributed by atoms with Gasteiger partial charge in [-0.05, 0) is 51.0 Å². The molecule has 2 rings (SSSR count).